The van der Waals surface area contributed by atoms with Crippen molar-refractivity contribution in [3.8, 4) is 5.75 Å². The van der Waals surface area contributed by atoms with Gasteiger partial charge in [-0.3, -0.25) is 4.79 Å². The number of carbonyl (C=O) groups excluding carboxylic acids is 1. The lowest BCUT2D eigenvalue weighted by atomic mass is 10.1. The van der Waals surface area contributed by atoms with Gasteiger partial charge in [-0.15, -0.1) is 0 Å². The highest BCUT2D eigenvalue weighted by Gasteiger charge is 2.26. The van der Waals surface area contributed by atoms with Crippen LogP contribution in [0.4, 0.5) is 8.78 Å². The number of methoxy groups -OCH3 is 1. The molecule has 1 saturated heterocycles. The monoisotopic (exact) mass is 352 g/mol. The molecule has 0 unspecified atom stereocenters. The Morgan fingerprint density at radius 1 is 1.44 bits per heavy atom. The van der Waals surface area contributed by atoms with Crippen LogP contribution in [0.15, 0.2) is 28.9 Å². The van der Waals surface area contributed by atoms with Gasteiger partial charge in [0.2, 0.25) is 11.7 Å². The van der Waals surface area contributed by atoms with Gasteiger partial charge in [0, 0.05) is 20.2 Å². The molecule has 0 aliphatic carbocycles. The number of ether oxygens (including phenoxy) is 2. The van der Waals surface area contributed by atoms with Gasteiger partial charge in [-0.05, 0) is 25.0 Å². The molecule has 0 bridgehead atoms. The molecular formula is C17H18F2N2O4. The Kier molecular flexibility index (Phi) is 5.28. The summed E-state index contributed by atoms with van der Waals surface area (Å²) in [7, 11) is 1.62. The van der Waals surface area contributed by atoms with Gasteiger partial charge in [-0.25, -0.2) is 9.37 Å². The normalized spacial score (nSPS) is 17.6. The summed E-state index contributed by atoms with van der Waals surface area (Å²) in [4.78, 5) is 18.2. The van der Waals surface area contributed by atoms with Crippen LogP contribution < -0.4 is 4.74 Å². The summed E-state index contributed by atoms with van der Waals surface area (Å²) in [6.07, 6.45) is 3.02. The molecule has 2 aromatic rings. The number of hydrogen-bond donors (Lipinski definition) is 0. The minimum absolute atomic E-state index is 0.0170. The van der Waals surface area contributed by atoms with Crippen molar-refractivity contribution in [1.29, 1.82) is 0 Å². The molecule has 1 amide bonds. The fourth-order valence-corrected chi connectivity index (χ4v) is 2.69. The van der Waals surface area contributed by atoms with Gasteiger partial charge in [-0.2, -0.15) is 4.39 Å². The van der Waals surface area contributed by atoms with Crippen LogP contribution in [-0.4, -0.2) is 42.1 Å². The second kappa shape index (κ2) is 7.60. The van der Waals surface area contributed by atoms with Crippen LogP contribution in [0.2, 0.25) is 0 Å². The number of rotatable bonds is 5. The number of likely N-dealkylation sites (tertiary alicyclic amines) is 1. The quantitative estimate of drug-likeness (QED) is 0.828. The smallest absolute Gasteiger partial charge is 0.275 e. The van der Waals surface area contributed by atoms with Crippen molar-refractivity contribution in [2.24, 2.45) is 0 Å². The van der Waals surface area contributed by atoms with Gasteiger partial charge in [0.05, 0.1) is 6.10 Å². The number of nitrogens with zero attached hydrogens (tertiary/aromatic N) is 2. The number of halogens is 2. The van der Waals surface area contributed by atoms with Crippen molar-refractivity contribution in [2.45, 2.75) is 25.6 Å². The molecule has 1 aromatic carbocycles. The first-order valence-electron chi connectivity index (χ1n) is 7.91. The highest BCUT2D eigenvalue weighted by molar-refractivity contribution is 5.92. The van der Waals surface area contributed by atoms with E-state index in [0.29, 0.717) is 13.1 Å². The van der Waals surface area contributed by atoms with E-state index in [2.05, 4.69) is 4.98 Å². The molecule has 0 radical (unpaired) electrons. The maximum atomic E-state index is 13.5. The van der Waals surface area contributed by atoms with E-state index in [1.807, 2.05) is 0 Å². The lowest BCUT2D eigenvalue weighted by Gasteiger charge is -2.31. The molecule has 0 N–H and O–H groups in total. The molecule has 134 valence electrons. The van der Waals surface area contributed by atoms with Crippen LogP contribution in [0.1, 0.15) is 29.2 Å². The molecule has 1 fully saturated rings. The molecule has 3 rings (SSSR count). The molecule has 8 heteroatoms. The number of hydrogen-bond acceptors (Lipinski definition) is 5. The molecule has 1 aliphatic heterocycles. The van der Waals surface area contributed by atoms with E-state index in [0.717, 1.165) is 18.9 Å². The molecule has 0 spiro atoms. The zero-order valence-electron chi connectivity index (χ0n) is 13.7. The average Bonchev–Trinajstić information content (AvgIpc) is 3.11. The van der Waals surface area contributed by atoms with E-state index in [9.17, 15) is 13.6 Å². The predicted molar refractivity (Wildman–Crippen MR) is 83.1 cm³/mol. The standard InChI is InChI=1S/C17H18F2N2O4/c1-23-11-4-3-7-21(8-11)17(22)13-9-25-15(20-13)10-24-14-6-2-5-12(18)16(14)19/h2,5-6,9,11H,3-4,7-8,10H2,1H3/t11-/m1/s1. The lowest BCUT2D eigenvalue weighted by Crippen LogP contribution is -2.43. The molecule has 6 nitrogen and oxygen atoms in total. The van der Waals surface area contributed by atoms with Gasteiger partial charge >= 0.3 is 0 Å². The van der Waals surface area contributed by atoms with Crippen LogP contribution >= 0.6 is 0 Å². The molecule has 1 aromatic heterocycles. The number of oxazole rings is 1. The average molecular weight is 352 g/mol. The Balaban J connectivity index is 1.62. The van der Waals surface area contributed by atoms with E-state index in [1.54, 1.807) is 12.0 Å². The van der Waals surface area contributed by atoms with E-state index in [1.165, 1.54) is 18.4 Å². The van der Waals surface area contributed by atoms with Gasteiger partial charge in [0.25, 0.3) is 5.91 Å². The first-order valence-corrected chi connectivity index (χ1v) is 7.91. The molecule has 1 atom stereocenters. The zero-order valence-corrected chi connectivity index (χ0v) is 13.7. The SMILES string of the molecule is CO[C@@H]1CCCN(C(=O)c2coc(COc3cccc(F)c3F)n2)C1. The Labute approximate surface area is 143 Å². The topological polar surface area (TPSA) is 64.8 Å². The predicted octanol–water partition coefficient (Wildman–Crippen LogP) is 2.78. The Morgan fingerprint density at radius 3 is 3.08 bits per heavy atom. The first-order chi connectivity index (χ1) is 12.1. The van der Waals surface area contributed by atoms with Gasteiger partial charge in [0.15, 0.2) is 23.9 Å². The number of benzene rings is 1. The highest BCUT2D eigenvalue weighted by atomic mass is 19.2. The largest absolute Gasteiger partial charge is 0.481 e. The fourth-order valence-electron chi connectivity index (χ4n) is 2.69. The molecule has 2 heterocycles. The number of aromatic nitrogens is 1. The summed E-state index contributed by atoms with van der Waals surface area (Å²) in [5.74, 6) is -2.48. The minimum Gasteiger partial charge on any atom is -0.481 e. The number of piperidine rings is 1. The maximum Gasteiger partial charge on any atom is 0.275 e. The second-order valence-corrected chi connectivity index (χ2v) is 5.72. The first kappa shape index (κ1) is 17.3. The molecule has 0 saturated carbocycles. The van der Waals surface area contributed by atoms with E-state index in [-0.39, 0.29) is 36.0 Å². The van der Waals surface area contributed by atoms with Gasteiger partial charge in [0.1, 0.15) is 6.26 Å². The summed E-state index contributed by atoms with van der Waals surface area (Å²) < 4.78 is 42.3. The Morgan fingerprint density at radius 2 is 2.28 bits per heavy atom. The highest BCUT2D eigenvalue weighted by Crippen LogP contribution is 2.21. The maximum absolute atomic E-state index is 13.5. The number of amides is 1. The van der Waals surface area contributed by atoms with Crippen molar-refractivity contribution in [2.75, 3.05) is 20.2 Å². The fraction of sp³-hybridized carbons (Fsp3) is 0.412. The molecule has 1 aliphatic rings. The van der Waals surface area contributed by atoms with Gasteiger partial charge < -0.3 is 18.8 Å². The third-order valence-electron chi connectivity index (χ3n) is 4.04. The second-order valence-electron chi connectivity index (χ2n) is 5.72. The summed E-state index contributed by atoms with van der Waals surface area (Å²) in [5.41, 5.74) is 0.148. The third-order valence-corrected chi connectivity index (χ3v) is 4.04. The van der Waals surface area contributed by atoms with Crippen LogP contribution in [-0.2, 0) is 11.3 Å². The van der Waals surface area contributed by atoms with Crippen LogP contribution in [0.3, 0.4) is 0 Å². The van der Waals surface area contributed by atoms with E-state index < -0.39 is 11.6 Å². The van der Waals surface area contributed by atoms with E-state index in [4.69, 9.17) is 13.9 Å². The summed E-state index contributed by atoms with van der Waals surface area (Å²) in [6.45, 7) is 0.919. The van der Waals surface area contributed by atoms with E-state index >= 15 is 0 Å². The Hall–Kier alpha value is -2.48. The zero-order chi connectivity index (χ0) is 17.8. The van der Waals surface area contributed by atoms with Crippen molar-refractivity contribution in [3.63, 3.8) is 0 Å². The molecular weight excluding hydrogens is 334 g/mol. The van der Waals surface area contributed by atoms with Crippen LogP contribution in [0, 0.1) is 11.6 Å². The minimum atomic E-state index is -1.08. The van der Waals surface area contributed by atoms with Crippen LogP contribution in [0.25, 0.3) is 0 Å². The lowest BCUT2D eigenvalue weighted by molar-refractivity contribution is 0.0265. The summed E-state index contributed by atoms with van der Waals surface area (Å²) >= 11 is 0. The van der Waals surface area contributed by atoms with Crippen molar-refractivity contribution >= 4 is 5.91 Å². The third kappa shape index (κ3) is 3.96. The number of carbonyl (C=O) groups is 1. The van der Waals surface area contributed by atoms with Crippen molar-refractivity contribution < 1.29 is 27.5 Å². The van der Waals surface area contributed by atoms with Crippen LogP contribution in [0.5, 0.6) is 5.75 Å². The Bertz CT molecular complexity index is 750. The van der Waals surface area contributed by atoms with Crippen molar-refractivity contribution in [1.82, 2.24) is 9.88 Å². The summed E-state index contributed by atoms with van der Waals surface area (Å²) in [5, 5.41) is 0. The van der Waals surface area contributed by atoms with Gasteiger partial charge in [-0.1, -0.05) is 6.07 Å². The summed E-state index contributed by atoms with van der Waals surface area (Å²) in [6, 6.07) is 3.63. The molecule has 25 heavy (non-hydrogen) atoms. The van der Waals surface area contributed by atoms with Crippen molar-refractivity contribution in [3.05, 3.63) is 47.7 Å².